The molecule has 1 aromatic heterocycles. The van der Waals surface area contributed by atoms with E-state index in [1.54, 1.807) is 0 Å². The lowest BCUT2D eigenvalue weighted by Gasteiger charge is -2.14. The number of hydrogen-bond acceptors (Lipinski definition) is 5. The summed E-state index contributed by atoms with van der Waals surface area (Å²) in [7, 11) is 0. The van der Waals surface area contributed by atoms with Crippen LogP contribution >= 0.6 is 15.9 Å². The molecule has 1 aliphatic rings. The molecule has 0 saturated carbocycles. The number of nitrogens with one attached hydrogen (secondary N) is 1. The third-order valence-corrected chi connectivity index (χ3v) is 3.20. The number of aromatic nitrogens is 2. The van der Waals surface area contributed by atoms with Crippen LogP contribution in [0, 0.1) is 0 Å². The van der Waals surface area contributed by atoms with Gasteiger partial charge in [-0.05, 0) is 11.1 Å². The van der Waals surface area contributed by atoms with Gasteiger partial charge in [-0.15, -0.1) is 0 Å². The van der Waals surface area contributed by atoms with E-state index in [1.165, 1.54) is 21.8 Å². The van der Waals surface area contributed by atoms with Gasteiger partial charge in [-0.3, -0.25) is 14.3 Å². The van der Waals surface area contributed by atoms with Crippen LogP contribution < -0.4 is 11.2 Å². The maximum atomic E-state index is 11.7. The Balaban J connectivity index is 2.38. The summed E-state index contributed by atoms with van der Waals surface area (Å²) in [5, 5.41) is 18.7. The maximum Gasteiger partial charge on any atom is 0.330 e. The molecule has 0 aromatic carbocycles. The van der Waals surface area contributed by atoms with Gasteiger partial charge in [0, 0.05) is 12.6 Å². The molecule has 0 unspecified atom stereocenters. The molecule has 2 heterocycles. The van der Waals surface area contributed by atoms with Gasteiger partial charge in [0.05, 0.1) is 18.3 Å². The Hall–Kier alpha value is -1.22. The van der Waals surface area contributed by atoms with E-state index in [2.05, 4.69) is 20.9 Å². The summed E-state index contributed by atoms with van der Waals surface area (Å²) >= 11 is 3.05. The zero-order chi connectivity index (χ0) is 14.0. The van der Waals surface area contributed by atoms with Crippen molar-refractivity contribution in [3.05, 3.63) is 37.6 Å². The molecule has 0 aliphatic carbocycles. The number of ether oxygens (including phenoxy) is 1. The third kappa shape index (κ3) is 2.86. The van der Waals surface area contributed by atoms with Crippen molar-refractivity contribution in [2.24, 2.45) is 0 Å². The number of rotatable bonds is 3. The smallest absolute Gasteiger partial charge is 0.330 e. The SMILES string of the molecule is O=c1[nH]c(=O)n([C@@H]2C[C@H](O)[C@@H](CO)O2)cc1/C=C\Br. The molecule has 3 atom stereocenters. The number of aliphatic hydroxyl groups is 2. The van der Waals surface area contributed by atoms with Crippen LogP contribution in [-0.2, 0) is 4.74 Å². The number of H-pyrrole nitrogens is 1. The monoisotopic (exact) mass is 332 g/mol. The second-order valence-corrected chi connectivity index (χ2v) is 4.69. The van der Waals surface area contributed by atoms with Crippen molar-refractivity contribution in [2.45, 2.75) is 24.9 Å². The van der Waals surface area contributed by atoms with Gasteiger partial charge in [0.25, 0.3) is 5.56 Å². The summed E-state index contributed by atoms with van der Waals surface area (Å²) in [6.45, 7) is -0.329. The minimum atomic E-state index is -0.844. The molecule has 0 amide bonds. The quantitative estimate of drug-likeness (QED) is 0.695. The van der Waals surface area contributed by atoms with Crippen molar-refractivity contribution in [2.75, 3.05) is 6.61 Å². The first-order valence-electron chi connectivity index (χ1n) is 5.63. The molecule has 1 aliphatic heterocycles. The highest BCUT2D eigenvalue weighted by Crippen LogP contribution is 2.27. The Bertz CT molecular complexity index is 593. The van der Waals surface area contributed by atoms with E-state index in [1.807, 2.05) is 0 Å². The molecule has 104 valence electrons. The summed E-state index contributed by atoms with van der Waals surface area (Å²) in [5.74, 6) is 0. The Kier molecular flexibility index (Phi) is 4.35. The van der Waals surface area contributed by atoms with Gasteiger partial charge in [0.1, 0.15) is 12.3 Å². The van der Waals surface area contributed by atoms with E-state index < -0.39 is 29.7 Å². The lowest BCUT2D eigenvalue weighted by Crippen LogP contribution is -2.33. The fourth-order valence-electron chi connectivity index (χ4n) is 1.95. The second-order valence-electron chi connectivity index (χ2n) is 4.16. The van der Waals surface area contributed by atoms with Gasteiger partial charge in [-0.1, -0.05) is 15.9 Å². The Morgan fingerprint density at radius 1 is 1.58 bits per heavy atom. The van der Waals surface area contributed by atoms with Crippen molar-refractivity contribution in [3.8, 4) is 0 Å². The molecule has 19 heavy (non-hydrogen) atoms. The van der Waals surface area contributed by atoms with E-state index in [0.29, 0.717) is 0 Å². The fourth-order valence-corrected chi connectivity index (χ4v) is 2.24. The molecule has 0 bridgehead atoms. The van der Waals surface area contributed by atoms with Crippen molar-refractivity contribution < 1.29 is 14.9 Å². The number of aliphatic hydroxyl groups excluding tert-OH is 2. The normalized spacial score (nSPS) is 27.2. The minimum Gasteiger partial charge on any atom is -0.394 e. The minimum absolute atomic E-state index is 0.175. The first-order valence-corrected chi connectivity index (χ1v) is 6.55. The van der Waals surface area contributed by atoms with Crippen LogP contribution in [0.1, 0.15) is 18.2 Å². The van der Waals surface area contributed by atoms with Gasteiger partial charge in [0.2, 0.25) is 0 Å². The molecule has 8 heteroatoms. The van der Waals surface area contributed by atoms with E-state index >= 15 is 0 Å². The first kappa shape index (κ1) is 14.2. The van der Waals surface area contributed by atoms with E-state index in [0.717, 1.165) is 0 Å². The summed E-state index contributed by atoms with van der Waals surface area (Å²) in [6, 6.07) is 0. The molecule has 7 nitrogen and oxygen atoms in total. The average molecular weight is 333 g/mol. The molecular formula is C11H13BrN2O5. The van der Waals surface area contributed by atoms with Crippen LogP contribution in [0.2, 0.25) is 0 Å². The largest absolute Gasteiger partial charge is 0.394 e. The highest BCUT2D eigenvalue weighted by atomic mass is 79.9. The molecule has 0 radical (unpaired) electrons. The molecule has 0 spiro atoms. The van der Waals surface area contributed by atoms with Crippen molar-refractivity contribution >= 4 is 22.0 Å². The maximum absolute atomic E-state index is 11.7. The second kappa shape index (κ2) is 5.83. The molecule has 1 fully saturated rings. The lowest BCUT2D eigenvalue weighted by atomic mass is 10.2. The number of nitrogens with zero attached hydrogens (tertiary/aromatic N) is 1. The first-order chi connectivity index (χ1) is 9.06. The van der Waals surface area contributed by atoms with E-state index in [9.17, 15) is 14.7 Å². The summed E-state index contributed by atoms with van der Waals surface area (Å²) in [4.78, 5) is 26.9. The van der Waals surface area contributed by atoms with Crippen LogP contribution in [-0.4, -0.2) is 38.6 Å². The highest BCUT2D eigenvalue weighted by molar-refractivity contribution is 9.11. The van der Waals surface area contributed by atoms with Gasteiger partial charge in [0.15, 0.2) is 0 Å². The Morgan fingerprint density at radius 3 is 2.89 bits per heavy atom. The molecular weight excluding hydrogens is 320 g/mol. The molecule has 2 rings (SSSR count). The van der Waals surface area contributed by atoms with Gasteiger partial charge in [-0.25, -0.2) is 4.79 Å². The van der Waals surface area contributed by atoms with E-state index in [4.69, 9.17) is 9.84 Å². The zero-order valence-electron chi connectivity index (χ0n) is 9.82. The Labute approximate surface area is 116 Å². The van der Waals surface area contributed by atoms with Gasteiger partial charge < -0.3 is 14.9 Å². The van der Waals surface area contributed by atoms with Crippen molar-refractivity contribution in [3.63, 3.8) is 0 Å². The van der Waals surface area contributed by atoms with Crippen LogP contribution in [0.5, 0.6) is 0 Å². The molecule has 3 N–H and O–H groups in total. The van der Waals surface area contributed by atoms with Crippen LogP contribution in [0.4, 0.5) is 0 Å². The van der Waals surface area contributed by atoms with Crippen molar-refractivity contribution in [1.82, 2.24) is 9.55 Å². The topological polar surface area (TPSA) is 105 Å². The predicted molar refractivity (Wildman–Crippen MR) is 70.9 cm³/mol. The average Bonchev–Trinajstić information content (AvgIpc) is 2.74. The van der Waals surface area contributed by atoms with Gasteiger partial charge in [-0.2, -0.15) is 0 Å². The summed E-state index contributed by atoms with van der Waals surface area (Å²) in [5.41, 5.74) is -0.844. The van der Waals surface area contributed by atoms with Crippen LogP contribution in [0.25, 0.3) is 6.08 Å². The number of aromatic amines is 1. The van der Waals surface area contributed by atoms with Gasteiger partial charge >= 0.3 is 5.69 Å². The number of hydrogen-bond donors (Lipinski definition) is 3. The lowest BCUT2D eigenvalue weighted by molar-refractivity contribution is -0.0459. The van der Waals surface area contributed by atoms with Crippen LogP contribution in [0.3, 0.4) is 0 Å². The number of halogens is 1. The van der Waals surface area contributed by atoms with E-state index in [-0.39, 0.29) is 18.6 Å². The summed E-state index contributed by atoms with van der Waals surface area (Å²) < 4.78 is 6.56. The molecule has 1 saturated heterocycles. The highest BCUT2D eigenvalue weighted by Gasteiger charge is 2.35. The van der Waals surface area contributed by atoms with Crippen LogP contribution in [0.15, 0.2) is 20.8 Å². The fraction of sp³-hybridized carbons (Fsp3) is 0.455. The third-order valence-electron chi connectivity index (χ3n) is 2.93. The predicted octanol–water partition coefficient (Wildman–Crippen LogP) is -0.457. The standard InChI is InChI=1S/C11H13BrN2O5/c12-2-1-6-4-14(11(18)13-10(6)17)9-3-7(16)8(5-15)19-9/h1-2,4,7-9,15-16H,3,5H2,(H,13,17,18)/b2-1-/t7-,8+,9-/m0/s1. The zero-order valence-corrected chi connectivity index (χ0v) is 11.4. The molecule has 1 aromatic rings. The summed E-state index contributed by atoms with van der Waals surface area (Å²) in [6.07, 6.45) is 0.746. The Morgan fingerprint density at radius 2 is 2.32 bits per heavy atom. The van der Waals surface area contributed by atoms with Crippen molar-refractivity contribution in [1.29, 1.82) is 0 Å².